The predicted octanol–water partition coefficient (Wildman–Crippen LogP) is 2.81. The second-order valence-electron chi connectivity index (χ2n) is 4.70. The van der Waals surface area contributed by atoms with Gasteiger partial charge < -0.3 is 10.1 Å². The molecule has 0 aromatic rings. The smallest absolute Gasteiger partial charge is 0.466 e. The summed E-state index contributed by atoms with van der Waals surface area (Å²) in [5.74, 6) is -1.82. The number of alkyl halides is 3. The van der Waals surface area contributed by atoms with Crippen molar-refractivity contribution >= 4 is 11.9 Å². The number of amides is 1. The highest BCUT2D eigenvalue weighted by Gasteiger charge is 2.38. The second kappa shape index (κ2) is 9.61. The van der Waals surface area contributed by atoms with Gasteiger partial charge in [0.25, 0.3) is 0 Å². The van der Waals surface area contributed by atoms with E-state index in [-0.39, 0.29) is 12.5 Å². The van der Waals surface area contributed by atoms with Crippen LogP contribution < -0.4 is 5.32 Å². The van der Waals surface area contributed by atoms with Gasteiger partial charge in [-0.05, 0) is 32.1 Å². The number of nitrogens with one attached hydrogen (secondary N) is 1. The third-order valence-electron chi connectivity index (χ3n) is 2.80. The molecule has 7 heteroatoms. The Bertz CT molecular complexity index is 306. The Morgan fingerprint density at radius 2 is 1.80 bits per heavy atom. The fraction of sp³-hybridized carbons (Fsp3) is 0.846. The van der Waals surface area contributed by atoms with E-state index in [1.807, 2.05) is 12.2 Å². The third-order valence-corrected chi connectivity index (χ3v) is 2.80. The number of rotatable bonds is 9. The molecule has 1 N–H and O–H groups in total. The molecule has 0 aliphatic rings. The normalized spacial score (nSPS) is 12.8. The van der Waals surface area contributed by atoms with Crippen molar-refractivity contribution < 1.29 is 27.5 Å². The van der Waals surface area contributed by atoms with Gasteiger partial charge in [-0.3, -0.25) is 9.59 Å². The maximum atomic E-state index is 11.9. The molecule has 0 aliphatic heterocycles. The molecule has 0 fully saturated rings. The van der Waals surface area contributed by atoms with Crippen LogP contribution in [-0.4, -0.2) is 31.2 Å². The summed E-state index contributed by atoms with van der Waals surface area (Å²) in [6.45, 7) is 4.10. The predicted molar refractivity (Wildman–Crippen MR) is 67.9 cm³/mol. The monoisotopic (exact) mass is 297 g/mol. The molecule has 0 saturated carbocycles. The third kappa shape index (κ3) is 9.63. The molecular weight excluding hydrogens is 275 g/mol. The van der Waals surface area contributed by atoms with Gasteiger partial charge in [-0.2, -0.15) is 13.2 Å². The number of ether oxygens (including phenoxy) is 1. The minimum Gasteiger partial charge on any atom is -0.466 e. The fourth-order valence-corrected chi connectivity index (χ4v) is 1.73. The summed E-state index contributed by atoms with van der Waals surface area (Å²) in [6.07, 6.45) is -1.74. The number of carbonyl (C=O) groups excluding carboxylic acids is 2. The molecule has 4 nitrogen and oxygen atoms in total. The fourth-order valence-electron chi connectivity index (χ4n) is 1.73. The Morgan fingerprint density at radius 1 is 1.20 bits per heavy atom. The standard InChI is InChI=1S/C13H22F3NO3/c1-3-20-11(18)8-4-6-10(2)7-5-9-17-12(19)13(14,15)16/h10H,3-9H2,1-2H3,(H,17,19). The van der Waals surface area contributed by atoms with E-state index in [0.717, 1.165) is 6.42 Å². The molecule has 0 radical (unpaired) electrons. The lowest BCUT2D eigenvalue weighted by Crippen LogP contribution is -2.37. The highest BCUT2D eigenvalue weighted by atomic mass is 19.4. The van der Waals surface area contributed by atoms with Gasteiger partial charge in [0, 0.05) is 13.0 Å². The zero-order valence-electron chi connectivity index (χ0n) is 11.9. The summed E-state index contributed by atoms with van der Waals surface area (Å²) >= 11 is 0. The van der Waals surface area contributed by atoms with E-state index in [0.29, 0.717) is 38.2 Å². The van der Waals surface area contributed by atoms with Crippen molar-refractivity contribution in [3.05, 3.63) is 0 Å². The number of carbonyl (C=O) groups is 2. The largest absolute Gasteiger partial charge is 0.471 e. The van der Waals surface area contributed by atoms with E-state index in [2.05, 4.69) is 0 Å². The van der Waals surface area contributed by atoms with Crippen LogP contribution in [-0.2, 0) is 14.3 Å². The average molecular weight is 297 g/mol. The van der Waals surface area contributed by atoms with Gasteiger partial charge >= 0.3 is 18.1 Å². The van der Waals surface area contributed by atoms with Crippen LogP contribution in [0, 0.1) is 5.92 Å². The van der Waals surface area contributed by atoms with Gasteiger partial charge in [0.2, 0.25) is 0 Å². The van der Waals surface area contributed by atoms with Crippen LogP contribution in [0.25, 0.3) is 0 Å². The van der Waals surface area contributed by atoms with E-state index in [4.69, 9.17) is 4.74 Å². The number of halogens is 3. The molecule has 0 heterocycles. The van der Waals surface area contributed by atoms with Crippen LogP contribution in [0.1, 0.15) is 46.0 Å². The van der Waals surface area contributed by atoms with Crippen LogP contribution in [0.4, 0.5) is 13.2 Å². The number of hydrogen-bond acceptors (Lipinski definition) is 3. The number of hydrogen-bond donors (Lipinski definition) is 1. The van der Waals surface area contributed by atoms with Crippen molar-refractivity contribution in [1.29, 1.82) is 0 Å². The zero-order chi connectivity index (χ0) is 15.6. The number of esters is 1. The molecule has 0 rings (SSSR count). The van der Waals surface area contributed by atoms with Gasteiger partial charge in [0.1, 0.15) is 0 Å². The summed E-state index contributed by atoms with van der Waals surface area (Å²) in [4.78, 5) is 21.6. The van der Waals surface area contributed by atoms with Crippen LogP contribution >= 0.6 is 0 Å². The Labute approximate surface area is 117 Å². The molecule has 0 aromatic carbocycles. The second-order valence-corrected chi connectivity index (χ2v) is 4.70. The molecule has 0 aliphatic carbocycles. The highest BCUT2D eigenvalue weighted by molar-refractivity contribution is 5.81. The van der Waals surface area contributed by atoms with E-state index >= 15 is 0 Å². The minimum atomic E-state index is -4.81. The van der Waals surface area contributed by atoms with Crippen LogP contribution in [0.3, 0.4) is 0 Å². The molecule has 0 bridgehead atoms. The lowest BCUT2D eigenvalue weighted by Gasteiger charge is -2.12. The Morgan fingerprint density at radius 3 is 2.35 bits per heavy atom. The topological polar surface area (TPSA) is 55.4 Å². The first-order valence-electron chi connectivity index (χ1n) is 6.78. The van der Waals surface area contributed by atoms with Crippen molar-refractivity contribution in [1.82, 2.24) is 5.32 Å². The molecule has 0 aromatic heterocycles. The molecule has 1 atom stereocenters. The van der Waals surface area contributed by atoms with Crippen molar-refractivity contribution in [2.24, 2.45) is 5.92 Å². The van der Waals surface area contributed by atoms with Gasteiger partial charge in [0.05, 0.1) is 6.61 Å². The lowest BCUT2D eigenvalue weighted by atomic mass is 9.99. The van der Waals surface area contributed by atoms with Gasteiger partial charge in [-0.15, -0.1) is 0 Å². The lowest BCUT2D eigenvalue weighted by molar-refractivity contribution is -0.173. The highest BCUT2D eigenvalue weighted by Crippen LogP contribution is 2.16. The minimum absolute atomic E-state index is 0.0144. The molecule has 0 spiro atoms. The van der Waals surface area contributed by atoms with Crippen LogP contribution in [0.15, 0.2) is 0 Å². The first kappa shape index (κ1) is 18.7. The van der Waals surface area contributed by atoms with Gasteiger partial charge in [-0.1, -0.05) is 13.3 Å². The molecular formula is C13H22F3NO3. The van der Waals surface area contributed by atoms with Gasteiger partial charge in [0.15, 0.2) is 0 Å². The summed E-state index contributed by atoms with van der Waals surface area (Å²) in [5.41, 5.74) is 0. The summed E-state index contributed by atoms with van der Waals surface area (Å²) in [6, 6.07) is 0. The zero-order valence-corrected chi connectivity index (χ0v) is 11.9. The van der Waals surface area contributed by atoms with Crippen molar-refractivity contribution in [3.8, 4) is 0 Å². The van der Waals surface area contributed by atoms with Crippen LogP contribution in [0.5, 0.6) is 0 Å². The molecule has 20 heavy (non-hydrogen) atoms. The maximum Gasteiger partial charge on any atom is 0.471 e. The molecule has 118 valence electrons. The Hall–Kier alpha value is -1.27. The van der Waals surface area contributed by atoms with Gasteiger partial charge in [-0.25, -0.2) is 0 Å². The first-order valence-corrected chi connectivity index (χ1v) is 6.78. The Kier molecular flexibility index (Phi) is 9.00. The Balaban J connectivity index is 3.57. The SMILES string of the molecule is CCOC(=O)CCCC(C)CCCNC(=O)C(F)(F)F. The molecule has 1 amide bonds. The quantitative estimate of drug-likeness (QED) is 0.526. The first-order chi connectivity index (χ1) is 9.27. The van der Waals surface area contributed by atoms with Crippen molar-refractivity contribution in [2.75, 3.05) is 13.2 Å². The van der Waals surface area contributed by atoms with E-state index in [1.165, 1.54) is 0 Å². The molecule has 1 unspecified atom stereocenters. The summed E-state index contributed by atoms with van der Waals surface area (Å²) in [7, 11) is 0. The summed E-state index contributed by atoms with van der Waals surface area (Å²) < 4.78 is 40.4. The molecule has 0 saturated heterocycles. The van der Waals surface area contributed by atoms with E-state index < -0.39 is 12.1 Å². The van der Waals surface area contributed by atoms with Crippen LogP contribution in [0.2, 0.25) is 0 Å². The van der Waals surface area contributed by atoms with E-state index in [9.17, 15) is 22.8 Å². The van der Waals surface area contributed by atoms with E-state index in [1.54, 1.807) is 6.92 Å². The maximum absolute atomic E-state index is 11.9. The summed E-state index contributed by atoms with van der Waals surface area (Å²) in [5, 5.41) is 1.83. The average Bonchev–Trinajstić information content (AvgIpc) is 2.33. The van der Waals surface area contributed by atoms with Crippen molar-refractivity contribution in [3.63, 3.8) is 0 Å². The van der Waals surface area contributed by atoms with Crippen molar-refractivity contribution in [2.45, 2.75) is 52.1 Å².